The Hall–Kier alpha value is -0.780. The van der Waals surface area contributed by atoms with Crippen LogP contribution in [0.15, 0.2) is 12.1 Å². The average Bonchev–Trinajstić information content (AvgIpc) is 2.13. The van der Waals surface area contributed by atoms with Gasteiger partial charge in [0.1, 0.15) is 5.75 Å². The number of halogens is 5. The molecule has 1 aromatic rings. The van der Waals surface area contributed by atoms with Crippen LogP contribution in [0.25, 0.3) is 0 Å². The number of aliphatic carboxylic acids is 1. The van der Waals surface area contributed by atoms with Crippen molar-refractivity contribution in [3.05, 3.63) is 27.2 Å². The van der Waals surface area contributed by atoms with Crippen molar-refractivity contribution in [2.45, 2.75) is 6.11 Å². The molecule has 8 heteroatoms. The van der Waals surface area contributed by atoms with E-state index in [0.29, 0.717) is 0 Å². The van der Waals surface area contributed by atoms with E-state index in [1.54, 1.807) is 0 Å². The Morgan fingerprint density at radius 2 is 1.69 bits per heavy atom. The first-order valence-corrected chi connectivity index (χ1v) is 4.82. The lowest BCUT2D eigenvalue weighted by Crippen LogP contribution is -2.34. The molecule has 0 aromatic heterocycles. The summed E-state index contributed by atoms with van der Waals surface area (Å²) in [5.41, 5.74) is 0. The van der Waals surface area contributed by atoms with Crippen LogP contribution in [0.5, 0.6) is 5.75 Å². The summed E-state index contributed by atoms with van der Waals surface area (Å²) < 4.78 is 29.3. The summed E-state index contributed by atoms with van der Waals surface area (Å²) in [6.07, 6.45) is -4.39. The van der Waals surface area contributed by atoms with Gasteiger partial charge in [0.2, 0.25) is 0 Å². The van der Waals surface area contributed by atoms with Crippen LogP contribution in [-0.4, -0.2) is 17.2 Å². The average molecular weight is 291 g/mol. The maximum absolute atomic E-state index is 12.7. The second-order valence-electron chi connectivity index (χ2n) is 2.62. The van der Waals surface area contributed by atoms with E-state index in [0.717, 1.165) is 12.1 Å². The summed E-state index contributed by atoms with van der Waals surface area (Å²) >= 11 is 16.6. The van der Waals surface area contributed by atoms with Crippen molar-refractivity contribution in [3.8, 4) is 5.75 Å². The van der Waals surface area contributed by atoms with Crippen molar-refractivity contribution in [1.82, 2.24) is 0 Å². The minimum atomic E-state index is -4.39. The Morgan fingerprint density at radius 1 is 1.19 bits per heavy atom. The van der Waals surface area contributed by atoms with E-state index in [1.807, 2.05) is 0 Å². The molecular formula is C8H3Cl3F2O3. The quantitative estimate of drug-likeness (QED) is 0.864. The number of hydrogen-bond donors (Lipinski definition) is 1. The van der Waals surface area contributed by atoms with Gasteiger partial charge in [-0.15, -0.1) is 0 Å². The van der Waals surface area contributed by atoms with Crippen LogP contribution in [0, 0.1) is 0 Å². The zero-order chi connectivity index (χ0) is 12.5. The molecule has 0 bridgehead atoms. The fraction of sp³-hybridized carbons (Fsp3) is 0.125. The molecule has 1 rings (SSSR count). The third-order valence-corrected chi connectivity index (χ3v) is 2.48. The summed E-state index contributed by atoms with van der Waals surface area (Å²) in [6, 6.07) is 1.97. The summed E-state index contributed by atoms with van der Waals surface area (Å²) in [4.78, 5) is 10.1. The van der Waals surface area contributed by atoms with E-state index >= 15 is 0 Å². The number of rotatable bonds is 3. The first-order chi connectivity index (χ1) is 7.24. The third kappa shape index (κ3) is 2.87. The van der Waals surface area contributed by atoms with Gasteiger partial charge >= 0.3 is 12.1 Å². The molecule has 88 valence electrons. The van der Waals surface area contributed by atoms with E-state index in [-0.39, 0.29) is 15.1 Å². The molecule has 1 N–H and O–H groups in total. The fourth-order valence-corrected chi connectivity index (χ4v) is 1.34. The lowest BCUT2D eigenvalue weighted by atomic mass is 10.3. The zero-order valence-corrected chi connectivity index (χ0v) is 9.58. The lowest BCUT2D eigenvalue weighted by molar-refractivity contribution is -0.210. The third-order valence-electron chi connectivity index (χ3n) is 1.46. The molecule has 16 heavy (non-hydrogen) atoms. The van der Waals surface area contributed by atoms with Gasteiger partial charge < -0.3 is 9.84 Å². The van der Waals surface area contributed by atoms with E-state index in [4.69, 9.17) is 39.9 Å². The maximum Gasteiger partial charge on any atom is 0.501 e. The number of ether oxygens (including phenoxy) is 1. The topological polar surface area (TPSA) is 46.5 Å². The van der Waals surface area contributed by atoms with Crippen LogP contribution >= 0.6 is 34.8 Å². The number of carbonyl (C=O) groups is 1. The van der Waals surface area contributed by atoms with Crippen LogP contribution in [0.4, 0.5) is 8.78 Å². The highest BCUT2D eigenvalue weighted by Crippen LogP contribution is 2.36. The van der Waals surface area contributed by atoms with Crippen molar-refractivity contribution >= 4 is 40.8 Å². The van der Waals surface area contributed by atoms with Gasteiger partial charge in [0.15, 0.2) is 0 Å². The first-order valence-electron chi connectivity index (χ1n) is 3.69. The summed E-state index contributed by atoms with van der Waals surface area (Å²) in [5.74, 6) is -3.00. The highest BCUT2D eigenvalue weighted by atomic mass is 35.5. The molecule has 0 unspecified atom stereocenters. The van der Waals surface area contributed by atoms with Crippen molar-refractivity contribution in [2.24, 2.45) is 0 Å². The first kappa shape index (κ1) is 13.3. The van der Waals surface area contributed by atoms with Crippen molar-refractivity contribution in [3.63, 3.8) is 0 Å². The number of alkyl halides is 2. The molecule has 0 saturated heterocycles. The largest absolute Gasteiger partial charge is 0.501 e. The molecule has 0 aliphatic carbocycles. The minimum absolute atomic E-state index is 0.0395. The zero-order valence-electron chi connectivity index (χ0n) is 7.31. The van der Waals surface area contributed by atoms with Gasteiger partial charge in [0.05, 0.1) is 15.1 Å². The predicted molar refractivity (Wildman–Crippen MR) is 54.7 cm³/mol. The van der Waals surface area contributed by atoms with Crippen LogP contribution < -0.4 is 4.74 Å². The molecule has 0 aliphatic rings. The summed E-state index contributed by atoms with van der Waals surface area (Å²) in [6.45, 7) is 0. The minimum Gasteiger partial charge on any atom is -0.474 e. The molecule has 3 nitrogen and oxygen atoms in total. The Labute approximate surface area is 103 Å². The van der Waals surface area contributed by atoms with Crippen LogP contribution in [0.3, 0.4) is 0 Å². The van der Waals surface area contributed by atoms with Crippen LogP contribution in [0.1, 0.15) is 0 Å². The molecule has 0 radical (unpaired) electrons. The number of benzene rings is 1. The van der Waals surface area contributed by atoms with Gasteiger partial charge in [0.25, 0.3) is 0 Å². The monoisotopic (exact) mass is 290 g/mol. The van der Waals surface area contributed by atoms with Gasteiger partial charge in [-0.1, -0.05) is 34.8 Å². The van der Waals surface area contributed by atoms with Gasteiger partial charge in [0, 0.05) is 6.07 Å². The van der Waals surface area contributed by atoms with Gasteiger partial charge in [-0.25, -0.2) is 4.79 Å². The van der Waals surface area contributed by atoms with Crippen LogP contribution in [-0.2, 0) is 4.79 Å². The number of carboxylic acids is 1. The van der Waals surface area contributed by atoms with Crippen molar-refractivity contribution in [1.29, 1.82) is 0 Å². The second-order valence-corrected chi connectivity index (χ2v) is 3.84. The molecule has 0 atom stereocenters. The summed E-state index contributed by atoms with van der Waals surface area (Å²) in [5, 5.41) is 7.83. The Kier molecular flexibility index (Phi) is 3.83. The second kappa shape index (κ2) is 4.61. The highest BCUT2D eigenvalue weighted by molar-refractivity contribution is 6.43. The molecule has 0 amide bonds. The number of carboxylic acid groups (broad SMARTS) is 1. The van der Waals surface area contributed by atoms with E-state index < -0.39 is 17.8 Å². The standard InChI is InChI=1S/C8H3Cl3F2O3/c9-3-1-5(11)6(2-4(3)10)16-8(12,13)7(14)15/h1-2H,(H,14,15). The normalized spacial score (nSPS) is 11.3. The van der Waals surface area contributed by atoms with Gasteiger partial charge in [-0.2, -0.15) is 8.78 Å². The SMILES string of the molecule is O=C(O)C(F)(F)Oc1cc(Cl)c(Cl)cc1Cl. The smallest absolute Gasteiger partial charge is 0.474 e. The molecule has 0 heterocycles. The van der Waals surface area contributed by atoms with Crippen molar-refractivity contribution in [2.75, 3.05) is 0 Å². The molecule has 0 saturated carbocycles. The molecule has 0 spiro atoms. The van der Waals surface area contributed by atoms with Crippen LogP contribution in [0.2, 0.25) is 15.1 Å². The fourth-order valence-electron chi connectivity index (χ4n) is 0.764. The molecule has 1 aromatic carbocycles. The van der Waals surface area contributed by atoms with Gasteiger partial charge in [-0.05, 0) is 6.07 Å². The molecule has 0 fully saturated rings. The Balaban J connectivity index is 3.07. The van der Waals surface area contributed by atoms with E-state index in [1.165, 1.54) is 0 Å². The maximum atomic E-state index is 12.7. The summed E-state index contributed by atoms with van der Waals surface area (Å²) in [7, 11) is 0. The predicted octanol–water partition coefficient (Wildman–Crippen LogP) is 3.70. The van der Waals surface area contributed by atoms with E-state index in [2.05, 4.69) is 4.74 Å². The molecular weight excluding hydrogens is 288 g/mol. The number of hydrogen-bond acceptors (Lipinski definition) is 2. The Morgan fingerprint density at radius 3 is 2.19 bits per heavy atom. The van der Waals surface area contributed by atoms with E-state index in [9.17, 15) is 13.6 Å². The lowest BCUT2D eigenvalue weighted by Gasteiger charge is -2.14. The molecule has 0 aliphatic heterocycles. The highest BCUT2D eigenvalue weighted by Gasteiger charge is 2.43. The van der Waals surface area contributed by atoms with Gasteiger partial charge in [-0.3, -0.25) is 0 Å². The Bertz CT molecular complexity index is 437. The van der Waals surface area contributed by atoms with Crippen molar-refractivity contribution < 1.29 is 23.4 Å².